The van der Waals surface area contributed by atoms with Gasteiger partial charge in [-0.2, -0.15) is 21.0 Å². The van der Waals surface area contributed by atoms with Gasteiger partial charge in [-0.05, 0) is 210 Å². The first-order chi connectivity index (χ1) is 64.3. The topological polar surface area (TPSA) is 120 Å². The molecule has 0 saturated heterocycles. The van der Waals surface area contributed by atoms with E-state index in [2.05, 4.69) is 418 Å². The number of furan rings is 1. The maximum Gasteiger partial charge on any atom is 0.171 e. The van der Waals surface area contributed by atoms with Gasteiger partial charge >= 0.3 is 0 Å². The number of benzene rings is 18. The lowest BCUT2D eigenvalue weighted by atomic mass is 9.82. The van der Waals surface area contributed by atoms with E-state index in [0.717, 1.165) is 75.0 Å². The fourth-order valence-corrected chi connectivity index (χ4v) is 19.1. The average molecular weight is 1720 g/mol. The molecule has 2 aliphatic carbocycles. The number of halogens is 6. The highest BCUT2D eigenvalue weighted by atomic mass is 19.2. The van der Waals surface area contributed by atoms with Crippen LogP contribution >= 0.6 is 0 Å². The molecule has 2 heterocycles. The minimum absolute atomic E-state index is 0.0864. The van der Waals surface area contributed by atoms with E-state index in [4.69, 9.17) is 25.5 Å². The van der Waals surface area contributed by atoms with Gasteiger partial charge in [0.25, 0.3) is 0 Å². The van der Waals surface area contributed by atoms with Crippen LogP contribution in [0.5, 0.6) is 0 Å². The monoisotopic (exact) mass is 1720 g/mol. The smallest absolute Gasteiger partial charge is 0.171 e. The SMILES string of the molecule is CC1(C)c2ccc(-c3ccc(N(c4ccc(-c5ccccc5)cc4)c4ccc(-c5ccccc5)cc4)cc3)cc2-c2c1ccc1c2oc2ccccc21.CC1(C)c2ccccc2-c2ccc(N(c3ccc(-c4ccccc4)cc3)c3ccc(-c4ccc5c(c4)c4ccccc4n5-c4ccccc4)cc3)cc21.N#CC(C#N)=c1c(F)c(F)c2c(F)c(=C(C#N)C#N)c(F)c(F)c2c1F. The molecule has 0 fully saturated rings. The van der Waals surface area contributed by atoms with Gasteiger partial charge in [0.05, 0.1) is 32.2 Å². The van der Waals surface area contributed by atoms with Crippen molar-refractivity contribution in [3.05, 3.63) is 450 Å². The molecular formula is C118H75F6N7O. The van der Waals surface area contributed by atoms with Crippen molar-refractivity contribution in [2.45, 2.75) is 38.5 Å². The predicted octanol–water partition coefficient (Wildman–Crippen LogP) is 30.3. The lowest BCUT2D eigenvalue weighted by molar-refractivity contribution is 0.471. The molecule has 0 spiro atoms. The molecule has 0 atom stereocenters. The second kappa shape index (κ2) is 33.8. The molecule has 22 rings (SSSR count). The molecule has 14 heteroatoms. The van der Waals surface area contributed by atoms with E-state index in [1.807, 2.05) is 6.07 Å². The zero-order valence-electron chi connectivity index (χ0n) is 71.7. The maximum atomic E-state index is 14.4. The Bertz CT molecular complexity index is 8120. The van der Waals surface area contributed by atoms with E-state index >= 15 is 0 Å². The van der Waals surface area contributed by atoms with E-state index < -0.39 is 67.3 Å². The molecule has 20 aromatic rings. The molecule has 2 aliphatic rings. The molecule has 0 radical (unpaired) electrons. The predicted molar refractivity (Wildman–Crippen MR) is 518 cm³/mol. The van der Waals surface area contributed by atoms with Crippen molar-refractivity contribution in [1.29, 1.82) is 21.0 Å². The van der Waals surface area contributed by atoms with Gasteiger partial charge in [0.1, 0.15) is 58.2 Å². The average Bonchev–Trinajstić information content (AvgIpc) is 1.60. The standard InChI is InChI=1S/C51H38N2.C51H37NO.C16F6N4/c1-51(2)47-19-11-9-17-43(47)44-31-30-42(34-48(44)51)52(40-26-21-36(22-27-40)35-13-5-3-6-14-35)41-28-23-37(24-29-41)38-25-32-50-46(33-38)45-18-10-12-20-49(45)53(50)39-15-7-4-8-16-39;1-51(2)46-31-23-39(33-45(46)49-47(51)32-30-44-43-15-9-10-16-48(43)53-50(44)49)38-21-28-42(29-22-38)52(40-24-17-36(18-25-40)34-11-5-3-6-12-34)41-26-19-37(20-27-41)35-13-7-4-8-14-35;17-11-7(5(1-23)2-24)13(19)15(21)10-9(11)16(22)14(20)8(12(10)18)6(3-25)4-26/h3-34H,1-2H3;3-33H,1-2H3;. The summed E-state index contributed by atoms with van der Waals surface area (Å²) in [6.45, 7) is 9.36. The van der Waals surface area contributed by atoms with Crippen LogP contribution in [0.15, 0.2) is 387 Å². The number of anilines is 6. The largest absolute Gasteiger partial charge is 0.455 e. The van der Waals surface area contributed by atoms with Crippen LogP contribution in [-0.2, 0) is 10.8 Å². The fourth-order valence-electron chi connectivity index (χ4n) is 19.1. The van der Waals surface area contributed by atoms with Crippen molar-refractivity contribution in [2.75, 3.05) is 9.80 Å². The molecular weight excluding hydrogens is 1650 g/mol. The summed E-state index contributed by atoms with van der Waals surface area (Å²) in [5.41, 5.74) is 32.0. The van der Waals surface area contributed by atoms with Gasteiger partial charge in [-0.1, -0.05) is 295 Å². The van der Waals surface area contributed by atoms with E-state index in [1.165, 1.54) is 133 Å². The Labute approximate surface area is 757 Å². The van der Waals surface area contributed by atoms with E-state index in [9.17, 15) is 26.3 Å². The summed E-state index contributed by atoms with van der Waals surface area (Å²) in [4.78, 5) is 4.74. The molecule has 0 N–H and O–H groups in total. The van der Waals surface area contributed by atoms with Crippen molar-refractivity contribution in [1.82, 2.24) is 4.57 Å². The third-order valence-corrected chi connectivity index (χ3v) is 25.6. The summed E-state index contributed by atoms with van der Waals surface area (Å²) >= 11 is 0. The third kappa shape index (κ3) is 14.3. The quantitative estimate of drug-likeness (QED) is 0.0882. The molecule has 0 amide bonds. The molecule has 0 aliphatic heterocycles. The van der Waals surface area contributed by atoms with E-state index in [1.54, 1.807) is 0 Å². The number of nitrogens with zero attached hydrogens (tertiary/aromatic N) is 7. The van der Waals surface area contributed by atoms with Gasteiger partial charge in [0, 0.05) is 77.8 Å². The van der Waals surface area contributed by atoms with Crippen LogP contribution in [0.25, 0.3) is 149 Å². The van der Waals surface area contributed by atoms with Crippen LogP contribution in [0.1, 0.15) is 49.9 Å². The number of hydrogen-bond donors (Lipinski definition) is 0. The zero-order valence-corrected chi connectivity index (χ0v) is 71.7. The number of nitriles is 4. The number of aromatic nitrogens is 1. The molecule has 2 aromatic heterocycles. The van der Waals surface area contributed by atoms with Crippen molar-refractivity contribution in [3.8, 4) is 108 Å². The highest BCUT2D eigenvalue weighted by Crippen LogP contribution is 2.55. The van der Waals surface area contributed by atoms with Crippen LogP contribution in [0.4, 0.5) is 60.5 Å². The van der Waals surface area contributed by atoms with Crippen LogP contribution in [-0.4, -0.2) is 4.57 Å². The lowest BCUT2D eigenvalue weighted by Gasteiger charge is -2.28. The number of fused-ring (bicyclic) bond motifs is 14. The minimum atomic E-state index is -2.23. The number of hydrogen-bond acceptors (Lipinski definition) is 7. The van der Waals surface area contributed by atoms with Gasteiger partial charge < -0.3 is 18.8 Å². The van der Waals surface area contributed by atoms with Crippen molar-refractivity contribution in [2.24, 2.45) is 0 Å². The summed E-state index contributed by atoms with van der Waals surface area (Å²) in [7, 11) is 0. The van der Waals surface area contributed by atoms with Gasteiger partial charge in [0.2, 0.25) is 0 Å². The number of para-hydroxylation sites is 3. The number of rotatable bonds is 12. The summed E-state index contributed by atoms with van der Waals surface area (Å²) in [5, 5.41) is 32.9. The van der Waals surface area contributed by atoms with Gasteiger partial charge in [-0.15, -0.1) is 0 Å². The summed E-state index contributed by atoms with van der Waals surface area (Å²) in [6, 6.07) is 143. The van der Waals surface area contributed by atoms with E-state index in [-0.39, 0.29) is 10.8 Å². The second-order valence-electron chi connectivity index (χ2n) is 33.8. The Balaban J connectivity index is 0.000000131. The molecule has 0 bridgehead atoms. The summed E-state index contributed by atoms with van der Waals surface area (Å²) in [6.07, 6.45) is 0. The molecule has 18 aromatic carbocycles. The van der Waals surface area contributed by atoms with Crippen LogP contribution in [0.3, 0.4) is 0 Å². The molecule has 0 saturated carbocycles. The fraction of sp³-hybridized carbons (Fsp3) is 0.0508. The van der Waals surface area contributed by atoms with Gasteiger partial charge in [-0.25, -0.2) is 26.3 Å². The first-order valence-electron chi connectivity index (χ1n) is 43.1. The third-order valence-electron chi connectivity index (χ3n) is 25.6. The lowest BCUT2D eigenvalue weighted by Crippen LogP contribution is -2.25. The molecule has 132 heavy (non-hydrogen) atoms. The van der Waals surface area contributed by atoms with Crippen LogP contribution in [0, 0.1) is 80.2 Å². The van der Waals surface area contributed by atoms with E-state index in [0.29, 0.717) is 0 Å². The maximum absolute atomic E-state index is 14.4. The minimum Gasteiger partial charge on any atom is -0.455 e. The van der Waals surface area contributed by atoms with Crippen LogP contribution in [0.2, 0.25) is 0 Å². The Morgan fingerprint density at radius 2 is 0.629 bits per heavy atom. The highest BCUT2D eigenvalue weighted by Gasteiger charge is 2.40. The summed E-state index contributed by atoms with van der Waals surface area (Å²) < 4.78 is 94.3. The second-order valence-corrected chi connectivity index (χ2v) is 33.8. The van der Waals surface area contributed by atoms with Crippen LogP contribution < -0.4 is 20.2 Å². The highest BCUT2D eigenvalue weighted by molar-refractivity contribution is 6.13. The normalized spacial score (nSPS) is 12.3. The summed E-state index contributed by atoms with van der Waals surface area (Å²) in [5.74, 6) is -13.0. The van der Waals surface area contributed by atoms with Crippen molar-refractivity contribution in [3.63, 3.8) is 0 Å². The van der Waals surface area contributed by atoms with Crippen molar-refractivity contribution >= 4 is 99.8 Å². The molecule has 630 valence electrons. The zero-order chi connectivity index (χ0) is 90.8. The van der Waals surface area contributed by atoms with Crippen molar-refractivity contribution < 1.29 is 30.8 Å². The Hall–Kier alpha value is -17.3. The molecule has 0 unspecified atom stereocenters. The Morgan fingerprint density at radius 1 is 0.273 bits per heavy atom. The molecule has 8 nitrogen and oxygen atoms in total. The van der Waals surface area contributed by atoms with Gasteiger partial charge in [-0.3, -0.25) is 0 Å². The Kier molecular flexibility index (Phi) is 21.2. The Morgan fingerprint density at radius 3 is 1.12 bits per heavy atom. The first kappa shape index (κ1) is 83.0. The van der Waals surface area contributed by atoms with Gasteiger partial charge in [0.15, 0.2) is 23.3 Å². The first-order valence-corrected chi connectivity index (χ1v) is 43.1.